The van der Waals surface area contributed by atoms with E-state index in [0.717, 1.165) is 6.42 Å². The van der Waals surface area contributed by atoms with Crippen LogP contribution in [0.5, 0.6) is 0 Å². The molecule has 0 saturated heterocycles. The third-order valence-corrected chi connectivity index (χ3v) is 0.707. The molecule has 0 aromatic carbocycles. The van der Waals surface area contributed by atoms with E-state index in [0.29, 0.717) is 0 Å². The van der Waals surface area contributed by atoms with Gasteiger partial charge in [0.2, 0.25) is 0 Å². The molecule has 0 aromatic rings. The second kappa shape index (κ2) is 6.26. The molecule has 0 atom stereocenters. The lowest BCUT2D eigenvalue weighted by atomic mass is 10.4. The molecule has 0 bridgehead atoms. The van der Waals surface area contributed by atoms with E-state index < -0.39 is 0 Å². The number of hydrogen-bond donors (Lipinski definition) is 0. The predicted octanol–water partition coefficient (Wildman–Crippen LogP) is 2.68. The molecule has 8 heavy (non-hydrogen) atoms. The molecule has 0 amide bonds. The van der Waals surface area contributed by atoms with E-state index in [1.165, 1.54) is 0 Å². The highest BCUT2D eigenvalue weighted by Crippen LogP contribution is 1.76. The summed E-state index contributed by atoms with van der Waals surface area (Å²) in [6, 6.07) is 0. The van der Waals surface area contributed by atoms with Gasteiger partial charge in [0.05, 0.1) is 0 Å². The predicted molar refractivity (Wildman–Crippen MR) is 37.8 cm³/mol. The maximum absolute atomic E-state index is 3.00. The summed E-state index contributed by atoms with van der Waals surface area (Å²) in [7, 11) is 0. The van der Waals surface area contributed by atoms with Crippen molar-refractivity contribution in [3.8, 4) is 0 Å². The first-order chi connectivity index (χ1) is 3.91. The van der Waals surface area contributed by atoms with Gasteiger partial charge in [-0.25, -0.2) is 0 Å². The van der Waals surface area contributed by atoms with Crippen LogP contribution in [0.1, 0.15) is 20.3 Å². The standard InChI is InChI=1S/C8H12/c1-3-5-7-8-6-4-2/h3,5-7H,4H2,1-2H3. The third-order valence-electron chi connectivity index (χ3n) is 0.707. The van der Waals surface area contributed by atoms with Crippen molar-refractivity contribution in [1.29, 1.82) is 0 Å². The topological polar surface area (TPSA) is 0 Å². The van der Waals surface area contributed by atoms with Crippen molar-refractivity contribution < 1.29 is 0 Å². The molecule has 0 fully saturated rings. The molecular formula is C8H12. The molecular weight excluding hydrogens is 96.1 g/mol. The van der Waals surface area contributed by atoms with E-state index in [1.54, 1.807) is 0 Å². The lowest BCUT2D eigenvalue weighted by molar-refractivity contribution is 1.23. The van der Waals surface area contributed by atoms with Gasteiger partial charge in [0.15, 0.2) is 0 Å². The molecule has 0 aromatic heterocycles. The molecule has 0 unspecified atom stereocenters. The molecule has 0 N–H and O–H groups in total. The van der Waals surface area contributed by atoms with Gasteiger partial charge >= 0.3 is 0 Å². The summed E-state index contributed by atoms with van der Waals surface area (Å²) in [5.74, 6) is 0. The number of allylic oxidation sites excluding steroid dienone is 3. The zero-order chi connectivity index (χ0) is 6.24. The van der Waals surface area contributed by atoms with Gasteiger partial charge in [0, 0.05) is 0 Å². The van der Waals surface area contributed by atoms with Gasteiger partial charge in [-0.3, -0.25) is 0 Å². The van der Waals surface area contributed by atoms with Crippen LogP contribution < -0.4 is 0 Å². The summed E-state index contributed by atoms with van der Waals surface area (Å²) in [6.45, 7) is 4.08. The van der Waals surface area contributed by atoms with Crippen LogP contribution in [0.2, 0.25) is 0 Å². The van der Waals surface area contributed by atoms with Gasteiger partial charge < -0.3 is 0 Å². The van der Waals surface area contributed by atoms with Crippen LogP contribution in [0.3, 0.4) is 0 Å². The Kier molecular flexibility index (Phi) is 5.68. The molecule has 0 nitrogen and oxygen atoms in total. The van der Waals surface area contributed by atoms with Crippen LogP contribution in [0, 0.1) is 0 Å². The minimum Gasteiger partial charge on any atom is -0.125 e. The van der Waals surface area contributed by atoms with Gasteiger partial charge in [0.25, 0.3) is 0 Å². The third kappa shape index (κ3) is 5.26. The SMILES string of the molecule is CC=CC=C=CCC. The fourth-order valence-electron chi connectivity index (χ4n) is 0.338. The number of hydrogen-bond acceptors (Lipinski definition) is 0. The highest BCUT2D eigenvalue weighted by molar-refractivity contribution is 5.00. The van der Waals surface area contributed by atoms with Gasteiger partial charge in [0.1, 0.15) is 0 Å². The largest absolute Gasteiger partial charge is 0.125 e. The Labute approximate surface area is 51.2 Å². The van der Waals surface area contributed by atoms with Gasteiger partial charge in [-0.2, -0.15) is 0 Å². The van der Waals surface area contributed by atoms with Crippen molar-refractivity contribution in [2.45, 2.75) is 20.3 Å². The van der Waals surface area contributed by atoms with Crippen LogP contribution in [0.4, 0.5) is 0 Å². The molecule has 0 heteroatoms. The summed E-state index contributed by atoms with van der Waals surface area (Å²) in [5.41, 5.74) is 3.00. The van der Waals surface area contributed by atoms with Crippen LogP contribution in [0.25, 0.3) is 0 Å². The molecule has 0 radical (unpaired) electrons. The van der Waals surface area contributed by atoms with Crippen molar-refractivity contribution in [2.24, 2.45) is 0 Å². The summed E-state index contributed by atoms with van der Waals surface area (Å²) in [6.07, 6.45) is 8.92. The minimum atomic E-state index is 1.06. The zero-order valence-electron chi connectivity index (χ0n) is 5.52. The Morgan fingerprint density at radius 3 is 2.75 bits per heavy atom. The fraction of sp³-hybridized carbons (Fsp3) is 0.375. The van der Waals surface area contributed by atoms with Crippen LogP contribution in [-0.2, 0) is 0 Å². The maximum atomic E-state index is 3.00. The van der Waals surface area contributed by atoms with Crippen molar-refractivity contribution >= 4 is 0 Å². The molecule has 0 aliphatic rings. The average molecular weight is 108 g/mol. The van der Waals surface area contributed by atoms with E-state index in [2.05, 4.69) is 12.7 Å². The van der Waals surface area contributed by atoms with Crippen LogP contribution in [-0.4, -0.2) is 0 Å². The van der Waals surface area contributed by atoms with E-state index in [9.17, 15) is 0 Å². The first kappa shape index (κ1) is 7.26. The van der Waals surface area contributed by atoms with E-state index in [1.807, 2.05) is 31.2 Å². The lowest BCUT2D eigenvalue weighted by Gasteiger charge is -1.66. The number of rotatable bonds is 2. The second-order valence-electron chi connectivity index (χ2n) is 1.47. The monoisotopic (exact) mass is 108 g/mol. The van der Waals surface area contributed by atoms with Crippen LogP contribution in [0.15, 0.2) is 30.0 Å². The molecule has 0 rings (SSSR count). The maximum Gasteiger partial charge on any atom is -0.0206 e. The van der Waals surface area contributed by atoms with Crippen molar-refractivity contribution in [2.75, 3.05) is 0 Å². The molecule has 0 heterocycles. The quantitative estimate of drug-likeness (QED) is 0.377. The Morgan fingerprint density at radius 2 is 2.25 bits per heavy atom. The summed E-state index contributed by atoms with van der Waals surface area (Å²) in [5, 5.41) is 0. The van der Waals surface area contributed by atoms with Crippen molar-refractivity contribution in [1.82, 2.24) is 0 Å². The van der Waals surface area contributed by atoms with E-state index in [-0.39, 0.29) is 0 Å². The Balaban J connectivity index is 3.47. The average Bonchev–Trinajstić information content (AvgIpc) is 1.81. The normalized spacial score (nSPS) is 8.75. The van der Waals surface area contributed by atoms with Gasteiger partial charge in [-0.05, 0) is 25.5 Å². The molecule has 0 aliphatic heterocycles. The summed E-state index contributed by atoms with van der Waals surface area (Å²) < 4.78 is 0. The van der Waals surface area contributed by atoms with Gasteiger partial charge in [-0.1, -0.05) is 19.1 Å². The molecule has 0 aliphatic carbocycles. The minimum absolute atomic E-state index is 1.06. The highest BCUT2D eigenvalue weighted by atomic mass is 13.6. The molecule has 0 saturated carbocycles. The smallest absolute Gasteiger partial charge is 0.0206 e. The Bertz CT molecular complexity index is 112. The fourth-order valence-corrected chi connectivity index (χ4v) is 0.338. The highest BCUT2D eigenvalue weighted by Gasteiger charge is 1.55. The second-order valence-corrected chi connectivity index (χ2v) is 1.47. The van der Waals surface area contributed by atoms with E-state index >= 15 is 0 Å². The van der Waals surface area contributed by atoms with Crippen molar-refractivity contribution in [3.05, 3.63) is 30.0 Å². The zero-order valence-corrected chi connectivity index (χ0v) is 5.52. The van der Waals surface area contributed by atoms with E-state index in [4.69, 9.17) is 0 Å². The molecule has 44 valence electrons. The Hall–Kier alpha value is -0.740. The first-order valence-electron chi connectivity index (χ1n) is 2.94. The first-order valence-corrected chi connectivity index (χ1v) is 2.94. The lowest BCUT2D eigenvalue weighted by Crippen LogP contribution is -1.45. The molecule has 0 spiro atoms. The summed E-state index contributed by atoms with van der Waals surface area (Å²) >= 11 is 0. The van der Waals surface area contributed by atoms with Crippen LogP contribution >= 0.6 is 0 Å². The Morgan fingerprint density at radius 1 is 1.50 bits per heavy atom. The summed E-state index contributed by atoms with van der Waals surface area (Å²) in [4.78, 5) is 0. The van der Waals surface area contributed by atoms with Crippen molar-refractivity contribution in [3.63, 3.8) is 0 Å². The van der Waals surface area contributed by atoms with Gasteiger partial charge in [-0.15, -0.1) is 5.73 Å².